The molecular formula is C22H27FN4O. The van der Waals surface area contributed by atoms with Gasteiger partial charge in [0, 0.05) is 18.7 Å². The fourth-order valence-corrected chi connectivity index (χ4v) is 2.78. The zero-order chi connectivity index (χ0) is 20.5. The number of ether oxygens (including phenoxy) is 1. The van der Waals surface area contributed by atoms with E-state index in [1.54, 1.807) is 32.5 Å². The van der Waals surface area contributed by atoms with Crippen molar-refractivity contribution in [1.82, 2.24) is 10.4 Å². The van der Waals surface area contributed by atoms with Gasteiger partial charge in [-0.25, -0.2) is 4.39 Å². The van der Waals surface area contributed by atoms with Gasteiger partial charge in [0.05, 0.1) is 25.6 Å². The van der Waals surface area contributed by atoms with Gasteiger partial charge in [0.15, 0.2) is 0 Å². The largest absolute Gasteiger partial charge is 0.495 e. The molecule has 0 spiro atoms. The van der Waals surface area contributed by atoms with E-state index in [0.29, 0.717) is 18.1 Å². The van der Waals surface area contributed by atoms with E-state index in [9.17, 15) is 4.39 Å². The molecule has 0 saturated heterocycles. The SMILES string of the molecule is C=C1C=CC(=NCc2ccc(F)cc2)NN1/C(=C\C)C(C)/C=C(\C=NC)OC. The number of hydrogen-bond donors (Lipinski definition) is 1. The molecule has 1 N–H and O–H groups in total. The maximum Gasteiger partial charge on any atom is 0.140 e. The molecule has 1 unspecified atom stereocenters. The number of halogens is 1. The molecule has 0 aliphatic carbocycles. The van der Waals surface area contributed by atoms with E-state index < -0.39 is 0 Å². The van der Waals surface area contributed by atoms with Gasteiger partial charge in [-0.3, -0.25) is 20.4 Å². The van der Waals surface area contributed by atoms with Gasteiger partial charge in [-0.05, 0) is 42.8 Å². The molecule has 0 radical (unpaired) electrons. The Morgan fingerprint density at radius 2 is 2.04 bits per heavy atom. The molecule has 0 aromatic heterocycles. The number of nitrogens with one attached hydrogen (secondary N) is 1. The van der Waals surface area contributed by atoms with E-state index in [1.165, 1.54) is 12.1 Å². The van der Waals surface area contributed by atoms with Crippen molar-refractivity contribution in [3.05, 3.63) is 83.7 Å². The summed E-state index contributed by atoms with van der Waals surface area (Å²) in [4.78, 5) is 8.58. The van der Waals surface area contributed by atoms with Crippen LogP contribution in [0.1, 0.15) is 19.4 Å². The standard InChI is InChI=1S/C22H27FN4O/c1-6-21(16(2)13-20(28-5)15-24-4)27-17(3)7-12-22(26-27)25-14-18-8-10-19(23)11-9-18/h6-13,15-16H,3,14H2,1-2,4-5H3,(H,25,26)/b20-13+,21-6-,24-15?. The first-order chi connectivity index (χ1) is 13.5. The van der Waals surface area contributed by atoms with Crippen molar-refractivity contribution >= 4 is 12.1 Å². The van der Waals surface area contributed by atoms with Crippen molar-refractivity contribution in [2.24, 2.45) is 15.9 Å². The fourth-order valence-electron chi connectivity index (χ4n) is 2.78. The van der Waals surface area contributed by atoms with E-state index in [0.717, 1.165) is 17.0 Å². The van der Waals surface area contributed by atoms with E-state index >= 15 is 0 Å². The number of aliphatic imine (C=N–C) groups is 2. The van der Waals surface area contributed by atoms with Crippen molar-refractivity contribution in [2.45, 2.75) is 20.4 Å². The number of hydrazine groups is 1. The minimum absolute atomic E-state index is 0.0482. The average molecular weight is 382 g/mol. The van der Waals surface area contributed by atoms with E-state index in [2.05, 4.69) is 28.9 Å². The van der Waals surface area contributed by atoms with Crippen LogP contribution < -0.4 is 5.43 Å². The summed E-state index contributed by atoms with van der Waals surface area (Å²) in [5, 5.41) is 1.90. The average Bonchev–Trinajstić information content (AvgIpc) is 2.69. The molecule has 1 aliphatic rings. The van der Waals surface area contributed by atoms with Crippen molar-refractivity contribution < 1.29 is 9.13 Å². The molecule has 1 aliphatic heterocycles. The molecular weight excluding hydrogens is 355 g/mol. The van der Waals surface area contributed by atoms with Gasteiger partial charge in [-0.15, -0.1) is 0 Å². The normalized spacial score (nSPS) is 18.0. The molecule has 1 heterocycles. The maximum atomic E-state index is 13.0. The second-order valence-electron chi connectivity index (χ2n) is 6.26. The van der Waals surface area contributed by atoms with Gasteiger partial charge < -0.3 is 4.74 Å². The van der Waals surface area contributed by atoms with E-state index in [1.807, 2.05) is 36.2 Å². The Morgan fingerprint density at radius 3 is 2.64 bits per heavy atom. The van der Waals surface area contributed by atoms with Crippen LogP contribution in [0, 0.1) is 11.7 Å². The highest BCUT2D eigenvalue weighted by atomic mass is 19.1. The topological polar surface area (TPSA) is 49.2 Å². The summed E-state index contributed by atoms with van der Waals surface area (Å²) in [6.07, 6.45) is 9.47. The summed E-state index contributed by atoms with van der Waals surface area (Å²) < 4.78 is 18.4. The molecule has 2 rings (SSSR count). The lowest BCUT2D eigenvalue weighted by Crippen LogP contribution is -2.43. The van der Waals surface area contributed by atoms with Crippen molar-refractivity contribution in [2.75, 3.05) is 14.2 Å². The second kappa shape index (κ2) is 10.3. The lowest BCUT2D eigenvalue weighted by Gasteiger charge is -2.33. The van der Waals surface area contributed by atoms with Gasteiger partial charge in [0.1, 0.15) is 17.4 Å². The number of rotatable bonds is 7. The molecule has 0 bridgehead atoms. The highest BCUT2D eigenvalue weighted by Crippen LogP contribution is 2.23. The van der Waals surface area contributed by atoms with Crippen molar-refractivity contribution in [3.63, 3.8) is 0 Å². The number of amidine groups is 1. The maximum absolute atomic E-state index is 13.0. The summed E-state index contributed by atoms with van der Waals surface area (Å²) in [5.41, 5.74) is 6.03. The zero-order valence-electron chi connectivity index (χ0n) is 16.8. The summed E-state index contributed by atoms with van der Waals surface area (Å²) >= 11 is 0. The lowest BCUT2D eigenvalue weighted by molar-refractivity contribution is 0.309. The van der Waals surface area contributed by atoms with E-state index in [4.69, 9.17) is 4.74 Å². The van der Waals surface area contributed by atoms with Crippen LogP contribution in [0.3, 0.4) is 0 Å². The number of allylic oxidation sites excluding steroid dienone is 4. The number of methoxy groups -OCH3 is 1. The van der Waals surface area contributed by atoms with Crippen LogP contribution in [0.5, 0.6) is 0 Å². The molecule has 1 aromatic carbocycles. The highest BCUT2D eigenvalue weighted by molar-refractivity contribution is 5.94. The monoisotopic (exact) mass is 382 g/mol. The Balaban J connectivity index is 2.17. The van der Waals surface area contributed by atoms with Crippen LogP contribution in [0.25, 0.3) is 0 Å². The quantitative estimate of drug-likeness (QED) is 0.562. The predicted molar refractivity (Wildman–Crippen MR) is 113 cm³/mol. The molecule has 1 aromatic rings. The number of benzene rings is 1. The zero-order valence-corrected chi connectivity index (χ0v) is 16.8. The summed E-state index contributed by atoms with van der Waals surface area (Å²) in [5.74, 6) is 1.19. The van der Waals surface area contributed by atoms with Gasteiger partial charge in [0.2, 0.25) is 0 Å². The third-order valence-corrected chi connectivity index (χ3v) is 4.22. The Morgan fingerprint density at radius 1 is 1.32 bits per heavy atom. The molecule has 148 valence electrons. The first kappa shape index (κ1) is 21.2. The summed E-state index contributed by atoms with van der Waals surface area (Å²) in [7, 11) is 3.33. The second-order valence-corrected chi connectivity index (χ2v) is 6.26. The molecule has 0 saturated carbocycles. The van der Waals surface area contributed by atoms with Gasteiger partial charge in [-0.1, -0.05) is 31.7 Å². The molecule has 28 heavy (non-hydrogen) atoms. The minimum atomic E-state index is -0.252. The van der Waals surface area contributed by atoms with Gasteiger partial charge in [0.25, 0.3) is 0 Å². The Bertz CT molecular complexity index is 835. The first-order valence-corrected chi connectivity index (χ1v) is 9.05. The summed E-state index contributed by atoms with van der Waals surface area (Å²) in [6, 6.07) is 6.34. The summed E-state index contributed by atoms with van der Waals surface area (Å²) in [6.45, 7) is 8.60. The van der Waals surface area contributed by atoms with Gasteiger partial charge >= 0.3 is 0 Å². The fraction of sp³-hybridized carbons (Fsp3) is 0.273. The number of nitrogens with zero attached hydrogens (tertiary/aromatic N) is 3. The van der Waals surface area contributed by atoms with Gasteiger partial charge in [-0.2, -0.15) is 0 Å². The molecule has 5 nitrogen and oxygen atoms in total. The minimum Gasteiger partial charge on any atom is -0.495 e. The Hall–Kier alpha value is -3.15. The Labute approximate surface area is 166 Å². The van der Waals surface area contributed by atoms with Crippen LogP contribution >= 0.6 is 0 Å². The molecule has 6 heteroatoms. The first-order valence-electron chi connectivity index (χ1n) is 9.05. The van der Waals surface area contributed by atoms with Crippen molar-refractivity contribution in [3.8, 4) is 0 Å². The van der Waals surface area contributed by atoms with Crippen LogP contribution in [0.4, 0.5) is 4.39 Å². The number of hydrogen-bond acceptors (Lipinski definition) is 4. The molecule has 1 atom stereocenters. The predicted octanol–water partition coefficient (Wildman–Crippen LogP) is 4.39. The third-order valence-electron chi connectivity index (χ3n) is 4.22. The smallest absolute Gasteiger partial charge is 0.140 e. The van der Waals surface area contributed by atoms with Crippen LogP contribution in [0.2, 0.25) is 0 Å². The van der Waals surface area contributed by atoms with Crippen LogP contribution in [0.15, 0.2) is 82.3 Å². The molecule has 0 amide bonds. The lowest BCUT2D eigenvalue weighted by atomic mass is 10.0. The Kier molecular flexibility index (Phi) is 7.75. The van der Waals surface area contributed by atoms with Crippen LogP contribution in [-0.4, -0.2) is 31.2 Å². The molecule has 0 fully saturated rings. The van der Waals surface area contributed by atoms with Crippen molar-refractivity contribution in [1.29, 1.82) is 0 Å². The third kappa shape index (κ3) is 5.67. The highest BCUT2D eigenvalue weighted by Gasteiger charge is 2.20. The van der Waals surface area contributed by atoms with E-state index in [-0.39, 0.29) is 11.7 Å². The van der Waals surface area contributed by atoms with Crippen LogP contribution in [-0.2, 0) is 11.3 Å².